The van der Waals surface area contributed by atoms with Crippen molar-refractivity contribution in [1.29, 1.82) is 0 Å². The van der Waals surface area contributed by atoms with Crippen LogP contribution >= 0.6 is 11.8 Å². The van der Waals surface area contributed by atoms with Gasteiger partial charge in [-0.3, -0.25) is 4.79 Å². The summed E-state index contributed by atoms with van der Waals surface area (Å²) in [5, 5.41) is 4.00. The first-order valence-corrected chi connectivity index (χ1v) is 11.7. The Morgan fingerprint density at radius 2 is 1.67 bits per heavy atom. The lowest BCUT2D eigenvalue weighted by molar-refractivity contribution is -0.119. The second-order valence-corrected chi connectivity index (χ2v) is 8.44. The predicted octanol–water partition coefficient (Wildman–Crippen LogP) is 4.69. The highest BCUT2D eigenvalue weighted by molar-refractivity contribution is 7.99. The molecule has 0 radical (unpaired) electrons. The van der Waals surface area contributed by atoms with Crippen LogP contribution in [0.25, 0.3) is 11.0 Å². The number of fused-ring (bicyclic) bond motifs is 1. The van der Waals surface area contributed by atoms with E-state index < -0.39 is 0 Å². The zero-order chi connectivity index (χ0) is 23.0. The second kappa shape index (κ2) is 11.0. The third kappa shape index (κ3) is 5.56. The molecule has 0 saturated heterocycles. The van der Waals surface area contributed by atoms with E-state index in [4.69, 9.17) is 14.5 Å². The number of benzene rings is 3. The van der Waals surface area contributed by atoms with Crippen molar-refractivity contribution in [3.05, 3.63) is 90.0 Å². The van der Waals surface area contributed by atoms with Crippen molar-refractivity contribution >= 4 is 28.7 Å². The molecule has 0 bridgehead atoms. The minimum atomic E-state index is -0.252. The summed E-state index contributed by atoms with van der Waals surface area (Å²) in [6.45, 7) is 1.26. The van der Waals surface area contributed by atoms with E-state index in [9.17, 15) is 4.79 Å². The molecule has 1 heterocycles. The van der Waals surface area contributed by atoms with Crippen molar-refractivity contribution in [1.82, 2.24) is 14.9 Å². The maximum absolute atomic E-state index is 13.0. The average Bonchev–Trinajstić information content (AvgIpc) is 3.22. The summed E-state index contributed by atoms with van der Waals surface area (Å²) in [6.07, 6.45) is 0. The Labute approximate surface area is 197 Å². The van der Waals surface area contributed by atoms with Gasteiger partial charge in [-0.1, -0.05) is 66.4 Å². The van der Waals surface area contributed by atoms with Gasteiger partial charge in [0.1, 0.15) is 5.75 Å². The number of nitrogens with one attached hydrogen (secondary N) is 1. The maximum Gasteiger partial charge on any atom is 0.231 e. The van der Waals surface area contributed by atoms with Crippen LogP contribution < -0.4 is 10.1 Å². The van der Waals surface area contributed by atoms with Crippen LogP contribution in [0.1, 0.15) is 17.2 Å². The van der Waals surface area contributed by atoms with Crippen molar-refractivity contribution in [3.63, 3.8) is 0 Å². The lowest BCUT2D eigenvalue weighted by Crippen LogP contribution is -2.30. The molecule has 170 valence electrons. The largest absolute Gasteiger partial charge is 0.497 e. The van der Waals surface area contributed by atoms with E-state index in [0.717, 1.165) is 33.1 Å². The number of methoxy groups -OCH3 is 2. The maximum atomic E-state index is 13.0. The molecule has 0 aliphatic carbocycles. The van der Waals surface area contributed by atoms with Gasteiger partial charge in [-0.15, -0.1) is 0 Å². The van der Waals surface area contributed by atoms with Crippen LogP contribution in [-0.4, -0.2) is 42.0 Å². The Kier molecular flexibility index (Phi) is 7.65. The fourth-order valence-corrected chi connectivity index (χ4v) is 4.55. The third-order valence-electron chi connectivity index (χ3n) is 5.36. The average molecular weight is 462 g/mol. The van der Waals surface area contributed by atoms with Crippen molar-refractivity contribution < 1.29 is 14.3 Å². The number of amides is 1. The number of rotatable bonds is 10. The van der Waals surface area contributed by atoms with Gasteiger partial charge < -0.3 is 19.4 Å². The molecule has 33 heavy (non-hydrogen) atoms. The summed E-state index contributed by atoms with van der Waals surface area (Å²) in [4.78, 5) is 17.7. The summed E-state index contributed by atoms with van der Waals surface area (Å²) >= 11 is 1.43. The minimum absolute atomic E-state index is 0.0602. The molecule has 4 aromatic rings. The number of thioether (sulfide) groups is 1. The van der Waals surface area contributed by atoms with Crippen molar-refractivity contribution in [2.24, 2.45) is 0 Å². The lowest BCUT2D eigenvalue weighted by Gasteiger charge is -2.20. The first-order valence-electron chi connectivity index (χ1n) is 10.7. The number of hydrogen-bond donors (Lipinski definition) is 1. The molecular weight excluding hydrogens is 434 g/mol. The van der Waals surface area contributed by atoms with Gasteiger partial charge in [0.2, 0.25) is 5.91 Å². The molecular formula is C26H27N3O3S. The fraction of sp³-hybridized carbons (Fsp3) is 0.231. The van der Waals surface area contributed by atoms with Gasteiger partial charge in [0.25, 0.3) is 0 Å². The van der Waals surface area contributed by atoms with Crippen LogP contribution in [0.3, 0.4) is 0 Å². The van der Waals surface area contributed by atoms with Gasteiger partial charge in [0.15, 0.2) is 5.16 Å². The van der Waals surface area contributed by atoms with Gasteiger partial charge in [0.05, 0.1) is 36.5 Å². The number of nitrogens with zero attached hydrogens (tertiary/aromatic N) is 2. The van der Waals surface area contributed by atoms with E-state index in [2.05, 4.69) is 9.88 Å². The van der Waals surface area contributed by atoms with E-state index in [0.29, 0.717) is 13.2 Å². The highest BCUT2D eigenvalue weighted by atomic mass is 32.2. The topological polar surface area (TPSA) is 65.4 Å². The number of imidazole rings is 1. The monoisotopic (exact) mass is 461 g/mol. The predicted molar refractivity (Wildman–Crippen MR) is 132 cm³/mol. The molecule has 0 saturated carbocycles. The zero-order valence-corrected chi connectivity index (χ0v) is 19.5. The van der Waals surface area contributed by atoms with Gasteiger partial charge in [-0.25, -0.2) is 4.98 Å². The van der Waals surface area contributed by atoms with Crippen LogP contribution in [0.2, 0.25) is 0 Å². The van der Waals surface area contributed by atoms with Gasteiger partial charge >= 0.3 is 0 Å². The summed E-state index contributed by atoms with van der Waals surface area (Å²) in [5.74, 6) is 0.980. The zero-order valence-electron chi connectivity index (χ0n) is 18.7. The highest BCUT2D eigenvalue weighted by Gasteiger charge is 2.18. The van der Waals surface area contributed by atoms with E-state index in [1.54, 1.807) is 14.2 Å². The molecule has 0 unspecified atom stereocenters. The van der Waals surface area contributed by atoms with Crippen LogP contribution in [0.4, 0.5) is 0 Å². The van der Waals surface area contributed by atoms with Gasteiger partial charge in [-0.2, -0.15) is 0 Å². The number of ether oxygens (including phenoxy) is 2. The third-order valence-corrected chi connectivity index (χ3v) is 6.33. The van der Waals surface area contributed by atoms with Gasteiger partial charge in [0, 0.05) is 13.7 Å². The molecule has 7 heteroatoms. The Bertz CT molecular complexity index is 1190. The number of aromatic nitrogens is 2. The van der Waals surface area contributed by atoms with E-state index in [1.807, 2.05) is 78.9 Å². The summed E-state index contributed by atoms with van der Waals surface area (Å²) in [5.41, 5.74) is 3.97. The molecule has 1 N–H and O–H groups in total. The minimum Gasteiger partial charge on any atom is -0.497 e. The molecule has 0 spiro atoms. The lowest BCUT2D eigenvalue weighted by atomic mass is 9.98. The molecule has 1 aromatic heterocycles. The standard InChI is InChI=1S/C26H27N3O3S/c1-31-17-16-29-23-11-7-6-10-22(23)27-26(29)33-18-24(30)28-25(19-8-4-3-5-9-19)20-12-14-21(32-2)15-13-20/h3-15,25H,16-18H2,1-2H3,(H,28,30)/t25-/m0/s1. The molecule has 6 nitrogen and oxygen atoms in total. The smallest absolute Gasteiger partial charge is 0.231 e. The first-order chi connectivity index (χ1) is 16.2. The Hall–Kier alpha value is -3.29. The number of para-hydroxylation sites is 2. The quantitative estimate of drug-likeness (QED) is 0.347. The second-order valence-electron chi connectivity index (χ2n) is 7.50. The SMILES string of the molecule is COCCn1c(SCC(=O)N[C@@H](c2ccccc2)c2ccc(OC)cc2)nc2ccccc21. The summed E-state index contributed by atoms with van der Waals surface area (Å²) in [6, 6.07) is 25.5. The van der Waals surface area contributed by atoms with Crippen molar-refractivity contribution in [2.45, 2.75) is 17.7 Å². The summed E-state index contributed by atoms with van der Waals surface area (Å²) in [7, 11) is 3.32. The molecule has 4 rings (SSSR count). The molecule has 3 aromatic carbocycles. The van der Waals surface area contributed by atoms with Crippen LogP contribution in [0, 0.1) is 0 Å². The Morgan fingerprint density at radius 1 is 0.970 bits per heavy atom. The first kappa shape index (κ1) is 22.9. The molecule has 1 atom stereocenters. The molecule has 0 fully saturated rings. The fourth-order valence-electron chi connectivity index (χ4n) is 3.70. The Morgan fingerprint density at radius 3 is 2.39 bits per heavy atom. The van der Waals surface area contributed by atoms with E-state index in [1.165, 1.54) is 11.8 Å². The molecule has 0 aliphatic rings. The number of carbonyl (C=O) groups excluding carboxylic acids is 1. The van der Waals surface area contributed by atoms with Crippen LogP contribution in [0.15, 0.2) is 84.0 Å². The number of hydrogen-bond acceptors (Lipinski definition) is 5. The molecule has 1 amide bonds. The highest BCUT2D eigenvalue weighted by Crippen LogP contribution is 2.26. The normalized spacial score (nSPS) is 11.9. The Balaban J connectivity index is 1.51. The number of carbonyl (C=O) groups is 1. The van der Waals surface area contributed by atoms with Crippen molar-refractivity contribution in [3.8, 4) is 5.75 Å². The molecule has 0 aliphatic heterocycles. The van der Waals surface area contributed by atoms with Crippen LogP contribution in [0.5, 0.6) is 5.75 Å². The van der Waals surface area contributed by atoms with Gasteiger partial charge in [-0.05, 0) is 35.4 Å². The van der Waals surface area contributed by atoms with Crippen LogP contribution in [-0.2, 0) is 16.1 Å². The van der Waals surface area contributed by atoms with Crippen molar-refractivity contribution in [2.75, 3.05) is 26.6 Å². The van der Waals surface area contributed by atoms with E-state index >= 15 is 0 Å². The van der Waals surface area contributed by atoms with E-state index in [-0.39, 0.29) is 17.7 Å². The summed E-state index contributed by atoms with van der Waals surface area (Å²) < 4.78 is 12.7.